The zero-order valence-corrected chi connectivity index (χ0v) is 17.6. The molecule has 0 aliphatic carbocycles. The van der Waals surface area contributed by atoms with Crippen LogP contribution >= 0.6 is 19.8 Å². The topological polar surface area (TPSA) is 12.5 Å². The Morgan fingerprint density at radius 2 is 1.79 bits per heavy atom. The van der Waals surface area contributed by atoms with Crippen LogP contribution in [0.5, 0.6) is 0 Å². The van der Waals surface area contributed by atoms with Gasteiger partial charge in [-0.3, -0.25) is 0 Å². The molecule has 1 heterocycles. The maximum absolute atomic E-state index is 5.50. The van der Waals surface area contributed by atoms with Crippen molar-refractivity contribution in [1.29, 1.82) is 0 Å². The molecule has 0 spiro atoms. The number of nitrogens with zero attached hydrogens (tertiary/aromatic N) is 1. The van der Waals surface area contributed by atoms with Crippen LogP contribution in [-0.2, 0) is 4.74 Å². The van der Waals surface area contributed by atoms with Crippen LogP contribution in [0.25, 0.3) is 0 Å². The molecule has 132 valence electrons. The van der Waals surface area contributed by atoms with Crippen LogP contribution < -0.4 is 4.90 Å². The standard InChI is InChI=1S/C21H30INO/c1-6-18(7-2)21(8-3)17(4)23(5)20-11-9-19(10-12-20)22-13-15-24-16-14-22/h6,8-12H,4,7,13-16H2,1-3,5H3. The monoisotopic (exact) mass is 439 g/mol. The van der Waals surface area contributed by atoms with E-state index in [0.29, 0.717) is 0 Å². The van der Waals surface area contributed by atoms with E-state index in [9.17, 15) is 0 Å². The van der Waals surface area contributed by atoms with Gasteiger partial charge in [-0.1, -0.05) is 0 Å². The van der Waals surface area contributed by atoms with E-state index >= 15 is 0 Å². The minimum atomic E-state index is -0.984. The Morgan fingerprint density at radius 3 is 2.29 bits per heavy atom. The van der Waals surface area contributed by atoms with Gasteiger partial charge in [0.25, 0.3) is 0 Å². The Kier molecular flexibility index (Phi) is 7.56. The van der Waals surface area contributed by atoms with E-state index in [1.54, 1.807) is 3.57 Å². The third-order valence-corrected chi connectivity index (χ3v) is 10.5. The summed E-state index contributed by atoms with van der Waals surface area (Å²) in [6.07, 6.45) is 5.38. The van der Waals surface area contributed by atoms with Crippen molar-refractivity contribution in [3.8, 4) is 0 Å². The molecule has 1 saturated heterocycles. The first-order chi connectivity index (χ1) is 11.6. The van der Waals surface area contributed by atoms with Crippen molar-refractivity contribution >= 4 is 25.5 Å². The fourth-order valence-electron chi connectivity index (χ4n) is 2.98. The molecular formula is C21H30INO. The number of rotatable bonds is 6. The summed E-state index contributed by atoms with van der Waals surface area (Å²) in [4.78, 5) is 2.20. The quantitative estimate of drug-likeness (QED) is 0.323. The average molecular weight is 439 g/mol. The van der Waals surface area contributed by atoms with Crippen molar-refractivity contribution in [1.82, 2.24) is 0 Å². The molecule has 0 atom stereocenters. The molecule has 1 fully saturated rings. The minimum absolute atomic E-state index is 0.955. The molecule has 0 N–H and O–H groups in total. The van der Waals surface area contributed by atoms with Gasteiger partial charge in [0.2, 0.25) is 0 Å². The number of hydrogen-bond acceptors (Lipinski definition) is 2. The average Bonchev–Trinajstić information content (AvgIpc) is 2.65. The Labute approximate surface area is 154 Å². The Hall–Kier alpha value is -1.07. The summed E-state index contributed by atoms with van der Waals surface area (Å²) >= 11 is -0.984. The summed E-state index contributed by atoms with van der Waals surface area (Å²) in [5.74, 6) is 0. The zero-order chi connectivity index (χ0) is 17.5. The van der Waals surface area contributed by atoms with E-state index in [1.807, 2.05) is 0 Å². The fraction of sp³-hybridized carbons (Fsp3) is 0.429. The van der Waals surface area contributed by atoms with Crippen molar-refractivity contribution in [3.63, 3.8) is 0 Å². The van der Waals surface area contributed by atoms with Gasteiger partial charge in [-0.05, 0) is 0 Å². The fourth-order valence-corrected chi connectivity index (χ4v) is 7.82. The summed E-state index contributed by atoms with van der Waals surface area (Å²) in [7, 11) is 2.11. The number of likely N-dealkylation sites (N-methyl/N-ethyl adjacent to an activating group) is 1. The number of allylic oxidation sites excluding steroid dienone is 3. The molecule has 0 unspecified atom stereocenters. The predicted octanol–water partition coefficient (Wildman–Crippen LogP) is 5.65. The summed E-state index contributed by atoms with van der Waals surface area (Å²) in [5, 5.41) is 0. The summed E-state index contributed by atoms with van der Waals surface area (Å²) in [6, 6.07) is 9.17. The van der Waals surface area contributed by atoms with Gasteiger partial charge in [0.05, 0.1) is 0 Å². The molecule has 2 nitrogen and oxygen atoms in total. The van der Waals surface area contributed by atoms with Crippen molar-refractivity contribution in [2.45, 2.75) is 27.2 Å². The first-order valence-corrected chi connectivity index (χ1v) is 12.8. The first kappa shape index (κ1) is 19.3. The van der Waals surface area contributed by atoms with Gasteiger partial charge in [-0.2, -0.15) is 0 Å². The molecule has 1 aromatic carbocycles. The second kappa shape index (κ2) is 9.42. The van der Waals surface area contributed by atoms with Crippen LogP contribution in [0.15, 0.2) is 59.8 Å². The normalized spacial score (nSPS) is 17.8. The number of halogens is 1. The van der Waals surface area contributed by atoms with E-state index in [4.69, 9.17) is 4.74 Å². The van der Waals surface area contributed by atoms with Crippen LogP contribution in [0, 0.1) is 3.57 Å². The molecule has 1 aliphatic rings. The summed E-state index contributed by atoms with van der Waals surface area (Å²) < 4.78 is 9.66. The number of benzene rings is 1. The van der Waals surface area contributed by atoms with Crippen LogP contribution in [0.1, 0.15) is 27.2 Å². The van der Waals surface area contributed by atoms with E-state index in [-0.39, 0.29) is 0 Å². The van der Waals surface area contributed by atoms with E-state index in [1.165, 1.54) is 25.7 Å². The molecule has 0 amide bonds. The third kappa shape index (κ3) is 4.51. The molecule has 0 radical (unpaired) electrons. The Morgan fingerprint density at radius 1 is 1.17 bits per heavy atom. The SMILES string of the molecule is C=C(C(=CC)C(=CC)CC)N(C)c1ccc(I2CCOCC2)cc1. The van der Waals surface area contributed by atoms with Crippen LogP contribution in [0.4, 0.5) is 5.69 Å². The Bertz CT molecular complexity index is 609. The summed E-state index contributed by atoms with van der Waals surface area (Å²) in [6.45, 7) is 12.6. The Balaban J connectivity index is 2.14. The van der Waals surface area contributed by atoms with Gasteiger partial charge in [0.15, 0.2) is 0 Å². The molecule has 3 heteroatoms. The van der Waals surface area contributed by atoms with Gasteiger partial charge >= 0.3 is 155 Å². The van der Waals surface area contributed by atoms with Crippen molar-refractivity contribution in [3.05, 3.63) is 63.4 Å². The molecule has 0 saturated carbocycles. The van der Waals surface area contributed by atoms with Gasteiger partial charge in [-0.25, -0.2) is 0 Å². The molecule has 1 aliphatic heterocycles. The zero-order valence-electron chi connectivity index (χ0n) is 15.4. The second-order valence-corrected chi connectivity index (χ2v) is 11.8. The number of alkyl halides is 2. The third-order valence-electron chi connectivity index (χ3n) is 4.50. The van der Waals surface area contributed by atoms with E-state index in [0.717, 1.165) is 25.3 Å². The molecular weight excluding hydrogens is 409 g/mol. The van der Waals surface area contributed by atoms with Crippen LogP contribution in [0.3, 0.4) is 0 Å². The van der Waals surface area contributed by atoms with Gasteiger partial charge in [0.1, 0.15) is 0 Å². The van der Waals surface area contributed by atoms with Crippen LogP contribution in [0.2, 0.25) is 0 Å². The van der Waals surface area contributed by atoms with Crippen molar-refractivity contribution in [2.24, 2.45) is 0 Å². The van der Waals surface area contributed by atoms with Crippen molar-refractivity contribution < 1.29 is 4.74 Å². The molecule has 2 rings (SSSR count). The molecule has 0 bridgehead atoms. The number of anilines is 1. The van der Waals surface area contributed by atoms with Crippen molar-refractivity contribution in [2.75, 3.05) is 34.0 Å². The van der Waals surface area contributed by atoms with E-state index < -0.39 is 19.8 Å². The summed E-state index contributed by atoms with van der Waals surface area (Å²) in [5.41, 5.74) is 4.86. The second-order valence-electron chi connectivity index (χ2n) is 5.80. The van der Waals surface area contributed by atoms with Crippen LogP contribution in [-0.4, -0.2) is 29.1 Å². The van der Waals surface area contributed by atoms with Gasteiger partial charge in [0, 0.05) is 0 Å². The predicted molar refractivity (Wildman–Crippen MR) is 115 cm³/mol. The molecule has 24 heavy (non-hydrogen) atoms. The molecule has 0 aromatic heterocycles. The molecule has 1 aromatic rings. The van der Waals surface area contributed by atoms with E-state index in [2.05, 4.69) is 75.7 Å². The first-order valence-electron chi connectivity index (χ1n) is 8.66. The number of hydrogen-bond donors (Lipinski definition) is 0. The van der Waals surface area contributed by atoms with Gasteiger partial charge in [-0.15, -0.1) is 0 Å². The number of ether oxygens (including phenoxy) is 1. The van der Waals surface area contributed by atoms with Gasteiger partial charge < -0.3 is 0 Å². The maximum atomic E-state index is 5.50.